The molecule has 1 aliphatic carbocycles. The molecule has 3 heteroatoms. The van der Waals surface area contributed by atoms with E-state index in [0.717, 1.165) is 13.0 Å². The van der Waals surface area contributed by atoms with E-state index in [0.29, 0.717) is 18.4 Å². The van der Waals surface area contributed by atoms with Crippen LogP contribution in [-0.2, 0) is 4.79 Å². The molecule has 0 aromatic heterocycles. The van der Waals surface area contributed by atoms with E-state index < -0.39 is 0 Å². The molecular weight excluding hydrogens is 236 g/mol. The number of carbonyl (C=O) groups is 1. The SMILES string of the molecule is CCC(NC(=O)CCNC(C)(C)C)C1CCCCC1. The van der Waals surface area contributed by atoms with Crippen LogP contribution in [-0.4, -0.2) is 24.0 Å². The number of amides is 1. The summed E-state index contributed by atoms with van der Waals surface area (Å²) >= 11 is 0. The highest BCUT2D eigenvalue weighted by Gasteiger charge is 2.23. The summed E-state index contributed by atoms with van der Waals surface area (Å²) in [5.74, 6) is 0.910. The van der Waals surface area contributed by atoms with Crippen LogP contribution in [0, 0.1) is 5.92 Å². The molecule has 2 N–H and O–H groups in total. The zero-order valence-electron chi connectivity index (χ0n) is 13.2. The first kappa shape index (κ1) is 16.5. The van der Waals surface area contributed by atoms with Crippen LogP contribution in [0.4, 0.5) is 0 Å². The third-order valence-electron chi connectivity index (χ3n) is 4.01. The summed E-state index contributed by atoms with van der Waals surface area (Å²) in [4.78, 5) is 12.0. The minimum Gasteiger partial charge on any atom is -0.353 e. The molecule has 1 amide bonds. The van der Waals surface area contributed by atoms with Crippen molar-refractivity contribution in [2.45, 2.75) is 84.2 Å². The van der Waals surface area contributed by atoms with Crippen molar-refractivity contribution in [3.8, 4) is 0 Å². The van der Waals surface area contributed by atoms with Crippen molar-refractivity contribution in [2.75, 3.05) is 6.54 Å². The molecule has 1 atom stereocenters. The summed E-state index contributed by atoms with van der Waals surface area (Å²) in [7, 11) is 0. The highest BCUT2D eigenvalue weighted by molar-refractivity contribution is 5.76. The minimum atomic E-state index is 0.0911. The van der Waals surface area contributed by atoms with Gasteiger partial charge in [-0.25, -0.2) is 0 Å². The summed E-state index contributed by atoms with van der Waals surface area (Å²) in [5, 5.41) is 6.61. The van der Waals surface area contributed by atoms with Crippen molar-refractivity contribution in [3.05, 3.63) is 0 Å². The lowest BCUT2D eigenvalue weighted by molar-refractivity contribution is -0.122. The van der Waals surface area contributed by atoms with E-state index in [1.54, 1.807) is 0 Å². The van der Waals surface area contributed by atoms with Crippen molar-refractivity contribution in [3.63, 3.8) is 0 Å². The molecule has 0 saturated heterocycles. The highest BCUT2D eigenvalue weighted by Crippen LogP contribution is 2.27. The van der Waals surface area contributed by atoms with Gasteiger partial charge in [-0.3, -0.25) is 4.79 Å². The number of carbonyl (C=O) groups excluding carboxylic acids is 1. The van der Waals surface area contributed by atoms with Gasteiger partial charge in [0.1, 0.15) is 0 Å². The Morgan fingerprint density at radius 3 is 2.37 bits per heavy atom. The maximum atomic E-state index is 12.0. The first-order valence-corrected chi connectivity index (χ1v) is 7.97. The third-order valence-corrected chi connectivity index (χ3v) is 4.01. The molecule has 19 heavy (non-hydrogen) atoms. The average molecular weight is 268 g/mol. The lowest BCUT2D eigenvalue weighted by Crippen LogP contribution is -2.43. The molecule has 1 rings (SSSR count). The molecule has 1 fully saturated rings. The fraction of sp³-hybridized carbons (Fsp3) is 0.938. The van der Waals surface area contributed by atoms with Crippen molar-refractivity contribution < 1.29 is 4.79 Å². The second-order valence-corrected chi connectivity index (χ2v) is 6.91. The molecule has 0 aromatic carbocycles. The second kappa shape index (κ2) is 7.88. The molecule has 3 nitrogen and oxygen atoms in total. The Morgan fingerprint density at radius 1 is 1.21 bits per heavy atom. The van der Waals surface area contributed by atoms with Gasteiger partial charge in [0.25, 0.3) is 0 Å². The third kappa shape index (κ3) is 6.95. The fourth-order valence-electron chi connectivity index (χ4n) is 2.92. The fourth-order valence-corrected chi connectivity index (χ4v) is 2.92. The monoisotopic (exact) mass is 268 g/mol. The molecule has 0 bridgehead atoms. The van der Waals surface area contributed by atoms with Gasteiger partial charge in [0, 0.05) is 24.5 Å². The van der Waals surface area contributed by atoms with Gasteiger partial charge in [-0.05, 0) is 46.0 Å². The molecule has 1 saturated carbocycles. The van der Waals surface area contributed by atoms with Crippen molar-refractivity contribution >= 4 is 5.91 Å². The summed E-state index contributed by atoms with van der Waals surface area (Å²) in [5.41, 5.74) is 0.0911. The standard InChI is InChI=1S/C16H32N2O/c1-5-14(13-9-7-6-8-10-13)18-15(19)11-12-17-16(2,3)4/h13-14,17H,5-12H2,1-4H3,(H,18,19). The predicted molar refractivity (Wildman–Crippen MR) is 81.2 cm³/mol. The lowest BCUT2D eigenvalue weighted by atomic mass is 9.83. The molecule has 0 heterocycles. The van der Waals surface area contributed by atoms with Crippen LogP contribution in [0.3, 0.4) is 0 Å². The van der Waals surface area contributed by atoms with Gasteiger partial charge < -0.3 is 10.6 Å². The van der Waals surface area contributed by atoms with E-state index in [4.69, 9.17) is 0 Å². The molecule has 112 valence electrons. The largest absolute Gasteiger partial charge is 0.353 e. The summed E-state index contributed by atoms with van der Waals surface area (Å²) in [6.07, 6.45) is 8.27. The Balaban J connectivity index is 2.28. The van der Waals surface area contributed by atoms with E-state index in [-0.39, 0.29) is 11.4 Å². The van der Waals surface area contributed by atoms with E-state index in [2.05, 4.69) is 38.3 Å². The van der Waals surface area contributed by atoms with Gasteiger partial charge >= 0.3 is 0 Å². The molecule has 1 aliphatic rings. The van der Waals surface area contributed by atoms with E-state index in [1.165, 1.54) is 32.1 Å². The Bertz CT molecular complexity index is 264. The molecule has 0 aliphatic heterocycles. The number of hydrogen-bond acceptors (Lipinski definition) is 2. The van der Waals surface area contributed by atoms with Crippen molar-refractivity contribution in [2.24, 2.45) is 5.92 Å². The number of hydrogen-bond donors (Lipinski definition) is 2. The average Bonchev–Trinajstić information content (AvgIpc) is 2.35. The van der Waals surface area contributed by atoms with Gasteiger partial charge in [-0.15, -0.1) is 0 Å². The van der Waals surface area contributed by atoms with E-state index in [1.807, 2.05) is 0 Å². The van der Waals surface area contributed by atoms with Crippen molar-refractivity contribution in [1.82, 2.24) is 10.6 Å². The molecule has 1 unspecified atom stereocenters. The Kier molecular flexibility index (Phi) is 6.84. The quantitative estimate of drug-likeness (QED) is 0.776. The Labute approximate surface area is 118 Å². The van der Waals surface area contributed by atoms with Crippen LogP contribution in [0.1, 0.15) is 72.6 Å². The topological polar surface area (TPSA) is 41.1 Å². The summed E-state index contributed by atoms with van der Waals surface area (Å²) in [6.45, 7) is 9.33. The van der Waals surface area contributed by atoms with Gasteiger partial charge in [0.2, 0.25) is 5.91 Å². The summed E-state index contributed by atoms with van der Waals surface area (Å²) < 4.78 is 0. The maximum absolute atomic E-state index is 12.0. The van der Waals surface area contributed by atoms with Crippen LogP contribution in [0.5, 0.6) is 0 Å². The van der Waals surface area contributed by atoms with Crippen LogP contribution < -0.4 is 10.6 Å². The smallest absolute Gasteiger partial charge is 0.221 e. The maximum Gasteiger partial charge on any atom is 0.221 e. The Morgan fingerprint density at radius 2 is 1.84 bits per heavy atom. The zero-order chi connectivity index (χ0) is 14.3. The normalized spacial score (nSPS) is 19.2. The lowest BCUT2D eigenvalue weighted by Gasteiger charge is -2.30. The van der Waals surface area contributed by atoms with Gasteiger partial charge in [-0.1, -0.05) is 26.2 Å². The van der Waals surface area contributed by atoms with Crippen LogP contribution in [0.25, 0.3) is 0 Å². The molecule has 0 aromatic rings. The molecular formula is C16H32N2O. The van der Waals surface area contributed by atoms with E-state index in [9.17, 15) is 4.79 Å². The van der Waals surface area contributed by atoms with Crippen LogP contribution in [0.15, 0.2) is 0 Å². The van der Waals surface area contributed by atoms with Crippen molar-refractivity contribution in [1.29, 1.82) is 0 Å². The highest BCUT2D eigenvalue weighted by atomic mass is 16.1. The van der Waals surface area contributed by atoms with Crippen LogP contribution >= 0.6 is 0 Å². The second-order valence-electron chi connectivity index (χ2n) is 6.91. The minimum absolute atomic E-state index is 0.0911. The van der Waals surface area contributed by atoms with Gasteiger partial charge in [-0.2, -0.15) is 0 Å². The van der Waals surface area contributed by atoms with E-state index >= 15 is 0 Å². The number of rotatable bonds is 6. The molecule has 0 spiro atoms. The zero-order valence-corrected chi connectivity index (χ0v) is 13.2. The first-order chi connectivity index (χ1) is 8.92. The first-order valence-electron chi connectivity index (χ1n) is 7.97. The van der Waals surface area contributed by atoms with Gasteiger partial charge in [0.15, 0.2) is 0 Å². The van der Waals surface area contributed by atoms with Crippen LogP contribution in [0.2, 0.25) is 0 Å². The number of nitrogens with one attached hydrogen (secondary N) is 2. The predicted octanol–water partition coefficient (Wildman–Crippen LogP) is 3.24. The molecule has 0 radical (unpaired) electrons. The van der Waals surface area contributed by atoms with Gasteiger partial charge in [0.05, 0.1) is 0 Å². The Hall–Kier alpha value is -0.570. The summed E-state index contributed by atoms with van der Waals surface area (Å²) in [6, 6.07) is 0.391.